The van der Waals surface area contributed by atoms with E-state index in [-0.39, 0.29) is 6.04 Å². The third-order valence-electron chi connectivity index (χ3n) is 3.14. The molecule has 0 aliphatic heterocycles. The number of benzene rings is 2. The van der Waals surface area contributed by atoms with Crippen LogP contribution in [0.25, 0.3) is 10.1 Å². The number of nitrogens with two attached hydrogens (primary N) is 1. The maximum atomic E-state index is 6.44. The van der Waals surface area contributed by atoms with Crippen molar-refractivity contribution in [1.82, 2.24) is 0 Å². The van der Waals surface area contributed by atoms with E-state index in [0.717, 1.165) is 14.2 Å². The zero-order valence-electron chi connectivity index (χ0n) is 9.94. The van der Waals surface area contributed by atoms with Crippen molar-refractivity contribution in [2.75, 3.05) is 0 Å². The van der Waals surface area contributed by atoms with Crippen LogP contribution in [-0.2, 0) is 0 Å². The van der Waals surface area contributed by atoms with E-state index in [1.165, 1.54) is 15.6 Å². The molecule has 0 aliphatic carbocycles. The standard InChI is InChI=1S/C15H11ClINS/c16-9-5-6-13(17)11(7-9)15(18)12-8-19-14-4-2-1-3-10(12)14/h1-8,15H,18H2. The third kappa shape index (κ3) is 2.52. The van der Waals surface area contributed by atoms with Gasteiger partial charge >= 0.3 is 0 Å². The van der Waals surface area contributed by atoms with Crippen molar-refractivity contribution >= 4 is 55.6 Å². The number of hydrogen-bond acceptors (Lipinski definition) is 2. The molecule has 1 nitrogen and oxygen atoms in total. The summed E-state index contributed by atoms with van der Waals surface area (Å²) in [5, 5.41) is 4.10. The molecule has 4 heteroatoms. The summed E-state index contributed by atoms with van der Waals surface area (Å²) < 4.78 is 2.41. The van der Waals surface area contributed by atoms with Crippen LogP contribution in [0.4, 0.5) is 0 Å². The fourth-order valence-electron chi connectivity index (χ4n) is 2.16. The molecular weight excluding hydrogens is 389 g/mol. The molecule has 0 fully saturated rings. The van der Waals surface area contributed by atoms with Crippen LogP contribution in [0.2, 0.25) is 5.02 Å². The van der Waals surface area contributed by atoms with Gasteiger partial charge in [-0.1, -0.05) is 29.8 Å². The smallest absolute Gasteiger partial charge is 0.0577 e. The summed E-state index contributed by atoms with van der Waals surface area (Å²) in [7, 11) is 0. The summed E-state index contributed by atoms with van der Waals surface area (Å²) in [4.78, 5) is 0. The SMILES string of the molecule is NC(c1cc(Cl)ccc1I)c1csc2ccccc12. The van der Waals surface area contributed by atoms with Crippen molar-refractivity contribution in [3.63, 3.8) is 0 Å². The van der Waals surface area contributed by atoms with Gasteiger partial charge in [-0.05, 0) is 68.7 Å². The van der Waals surface area contributed by atoms with Gasteiger partial charge in [0, 0.05) is 13.3 Å². The second kappa shape index (κ2) is 5.40. The second-order valence-corrected chi connectivity index (χ2v) is 6.84. The Morgan fingerprint density at radius 2 is 1.89 bits per heavy atom. The highest BCUT2D eigenvalue weighted by atomic mass is 127. The highest BCUT2D eigenvalue weighted by Crippen LogP contribution is 2.34. The van der Waals surface area contributed by atoms with Crippen molar-refractivity contribution < 1.29 is 0 Å². The molecule has 0 bridgehead atoms. The Bertz CT molecular complexity index is 738. The molecule has 0 amide bonds. The molecule has 0 saturated carbocycles. The van der Waals surface area contributed by atoms with E-state index < -0.39 is 0 Å². The molecule has 1 unspecified atom stereocenters. The van der Waals surface area contributed by atoms with E-state index in [2.05, 4.69) is 46.2 Å². The predicted octanol–water partition coefficient (Wildman–Crippen LogP) is 5.21. The van der Waals surface area contributed by atoms with Gasteiger partial charge in [0.25, 0.3) is 0 Å². The van der Waals surface area contributed by atoms with Crippen LogP contribution in [0.1, 0.15) is 17.2 Å². The second-order valence-electron chi connectivity index (χ2n) is 4.33. The molecule has 0 radical (unpaired) electrons. The van der Waals surface area contributed by atoms with Crippen LogP contribution in [0.5, 0.6) is 0 Å². The summed E-state index contributed by atoms with van der Waals surface area (Å²) in [6.45, 7) is 0. The molecule has 2 aromatic carbocycles. The van der Waals surface area contributed by atoms with Crippen LogP contribution >= 0.6 is 45.5 Å². The summed E-state index contributed by atoms with van der Waals surface area (Å²) in [5.41, 5.74) is 8.69. The molecule has 0 spiro atoms. The summed E-state index contributed by atoms with van der Waals surface area (Å²) >= 11 is 10.1. The lowest BCUT2D eigenvalue weighted by molar-refractivity contribution is 0.878. The van der Waals surface area contributed by atoms with Crippen LogP contribution < -0.4 is 5.73 Å². The average Bonchev–Trinajstić information content (AvgIpc) is 2.84. The number of fused-ring (bicyclic) bond motifs is 1. The third-order valence-corrected chi connectivity index (χ3v) is 5.34. The highest BCUT2D eigenvalue weighted by molar-refractivity contribution is 14.1. The zero-order valence-corrected chi connectivity index (χ0v) is 13.7. The molecular formula is C15H11ClINS. The first-order valence-electron chi connectivity index (χ1n) is 5.83. The molecule has 1 aromatic heterocycles. The van der Waals surface area contributed by atoms with Crippen LogP contribution in [0.15, 0.2) is 47.8 Å². The Labute approximate surface area is 134 Å². The number of halogens is 2. The van der Waals surface area contributed by atoms with Gasteiger partial charge in [0.15, 0.2) is 0 Å². The molecule has 19 heavy (non-hydrogen) atoms. The van der Waals surface area contributed by atoms with Gasteiger partial charge in [-0.25, -0.2) is 0 Å². The molecule has 0 aliphatic rings. The van der Waals surface area contributed by atoms with Crippen molar-refractivity contribution in [1.29, 1.82) is 0 Å². The van der Waals surface area contributed by atoms with E-state index in [1.807, 2.05) is 24.3 Å². The number of rotatable bonds is 2. The monoisotopic (exact) mass is 399 g/mol. The summed E-state index contributed by atoms with van der Waals surface area (Å²) in [6, 6.07) is 14.1. The maximum Gasteiger partial charge on any atom is 0.0577 e. The maximum absolute atomic E-state index is 6.44. The van der Waals surface area contributed by atoms with Crippen molar-refractivity contribution in [3.05, 3.63) is 67.6 Å². The Morgan fingerprint density at radius 1 is 1.11 bits per heavy atom. The van der Waals surface area contributed by atoms with E-state index in [4.69, 9.17) is 17.3 Å². The van der Waals surface area contributed by atoms with Crippen molar-refractivity contribution in [2.24, 2.45) is 5.73 Å². The zero-order chi connectivity index (χ0) is 13.4. The van der Waals surface area contributed by atoms with E-state index in [0.29, 0.717) is 0 Å². The number of thiophene rings is 1. The fourth-order valence-corrected chi connectivity index (χ4v) is 4.01. The fraction of sp³-hybridized carbons (Fsp3) is 0.0667. The molecule has 1 atom stereocenters. The molecule has 0 saturated heterocycles. The quantitative estimate of drug-likeness (QED) is 0.588. The van der Waals surface area contributed by atoms with Crippen LogP contribution in [0, 0.1) is 3.57 Å². The Hall–Kier alpha value is -0.620. The van der Waals surface area contributed by atoms with Crippen LogP contribution in [-0.4, -0.2) is 0 Å². The van der Waals surface area contributed by atoms with E-state index in [9.17, 15) is 0 Å². The first-order valence-corrected chi connectivity index (χ1v) is 8.17. The molecule has 3 rings (SSSR count). The Morgan fingerprint density at radius 3 is 2.74 bits per heavy atom. The molecule has 2 N–H and O–H groups in total. The summed E-state index contributed by atoms with van der Waals surface area (Å²) in [6.07, 6.45) is 0. The molecule has 1 heterocycles. The van der Waals surface area contributed by atoms with Gasteiger partial charge in [-0.2, -0.15) is 0 Å². The highest BCUT2D eigenvalue weighted by Gasteiger charge is 2.16. The minimum absolute atomic E-state index is 0.137. The Kier molecular flexibility index (Phi) is 3.80. The Balaban J connectivity index is 2.13. The lowest BCUT2D eigenvalue weighted by atomic mass is 9.99. The predicted molar refractivity (Wildman–Crippen MR) is 92.0 cm³/mol. The normalized spacial score (nSPS) is 12.8. The van der Waals surface area contributed by atoms with Gasteiger partial charge in [0.1, 0.15) is 0 Å². The van der Waals surface area contributed by atoms with Gasteiger partial charge in [-0.15, -0.1) is 11.3 Å². The molecule has 3 aromatic rings. The number of hydrogen-bond donors (Lipinski definition) is 1. The summed E-state index contributed by atoms with van der Waals surface area (Å²) in [5.74, 6) is 0. The van der Waals surface area contributed by atoms with Crippen LogP contribution in [0.3, 0.4) is 0 Å². The first-order chi connectivity index (χ1) is 9.16. The minimum atomic E-state index is -0.137. The van der Waals surface area contributed by atoms with Crippen molar-refractivity contribution in [2.45, 2.75) is 6.04 Å². The topological polar surface area (TPSA) is 26.0 Å². The van der Waals surface area contributed by atoms with Gasteiger partial charge in [0.05, 0.1) is 6.04 Å². The van der Waals surface area contributed by atoms with E-state index >= 15 is 0 Å². The van der Waals surface area contributed by atoms with E-state index in [1.54, 1.807) is 11.3 Å². The molecule has 96 valence electrons. The minimum Gasteiger partial charge on any atom is -0.320 e. The first kappa shape index (κ1) is 13.4. The largest absolute Gasteiger partial charge is 0.320 e. The van der Waals surface area contributed by atoms with Crippen molar-refractivity contribution in [3.8, 4) is 0 Å². The lowest BCUT2D eigenvalue weighted by Crippen LogP contribution is -2.12. The van der Waals surface area contributed by atoms with Gasteiger partial charge < -0.3 is 5.73 Å². The lowest BCUT2D eigenvalue weighted by Gasteiger charge is -2.14. The van der Waals surface area contributed by atoms with Gasteiger partial charge in [0.2, 0.25) is 0 Å². The van der Waals surface area contributed by atoms with Gasteiger partial charge in [-0.3, -0.25) is 0 Å². The average molecular weight is 400 g/mol.